The summed E-state index contributed by atoms with van der Waals surface area (Å²) in [6, 6.07) is 0. The summed E-state index contributed by atoms with van der Waals surface area (Å²) >= 11 is 1.54. The van der Waals surface area contributed by atoms with Crippen LogP contribution in [0.4, 0.5) is 0 Å². The van der Waals surface area contributed by atoms with Crippen LogP contribution in [0.1, 0.15) is 28.6 Å². The van der Waals surface area contributed by atoms with Crippen molar-refractivity contribution in [2.75, 3.05) is 13.1 Å². The first-order chi connectivity index (χ1) is 7.25. The lowest BCUT2D eigenvalue weighted by molar-refractivity contribution is -0.136. The van der Waals surface area contributed by atoms with Crippen LogP contribution < -0.4 is 5.32 Å². The first kappa shape index (κ1) is 10.6. The zero-order chi connectivity index (χ0) is 10.7. The molecule has 82 valence electrons. The number of hydrogen-bond donors (Lipinski definition) is 2. The van der Waals surface area contributed by atoms with Crippen molar-refractivity contribution in [3.63, 3.8) is 0 Å². The minimum absolute atomic E-state index is 0.0951. The van der Waals surface area contributed by atoms with E-state index in [4.69, 9.17) is 5.11 Å². The summed E-state index contributed by atoms with van der Waals surface area (Å²) in [5.74, 6) is -0.307. The van der Waals surface area contributed by atoms with Crippen molar-refractivity contribution < 1.29 is 9.90 Å². The van der Waals surface area contributed by atoms with E-state index in [0.717, 1.165) is 29.4 Å². The topological polar surface area (TPSA) is 62.2 Å². The second kappa shape index (κ2) is 4.72. The molecule has 1 unspecified atom stereocenters. The first-order valence-corrected chi connectivity index (χ1v) is 5.94. The van der Waals surface area contributed by atoms with Crippen molar-refractivity contribution >= 4 is 17.3 Å². The number of hydrogen-bond acceptors (Lipinski definition) is 4. The molecule has 1 fully saturated rings. The van der Waals surface area contributed by atoms with Crippen LogP contribution in [-0.4, -0.2) is 29.1 Å². The Hall–Kier alpha value is -0.940. The molecule has 1 aromatic heterocycles. The van der Waals surface area contributed by atoms with Gasteiger partial charge in [-0.15, -0.1) is 11.3 Å². The minimum Gasteiger partial charge on any atom is -0.481 e. The molecule has 0 spiro atoms. The molecule has 0 saturated carbocycles. The molecule has 4 nitrogen and oxygen atoms in total. The highest BCUT2D eigenvalue weighted by molar-refractivity contribution is 7.11. The van der Waals surface area contributed by atoms with Crippen LogP contribution >= 0.6 is 11.3 Å². The number of aliphatic carboxylic acids is 1. The fourth-order valence-electron chi connectivity index (χ4n) is 1.80. The van der Waals surface area contributed by atoms with Crippen LogP contribution in [0.15, 0.2) is 6.20 Å². The lowest BCUT2D eigenvalue weighted by Gasteiger charge is -2.20. The molecular weight excluding hydrogens is 212 g/mol. The molecule has 2 heterocycles. The van der Waals surface area contributed by atoms with Crippen LogP contribution in [-0.2, 0) is 11.2 Å². The molecule has 1 aliphatic heterocycles. The van der Waals surface area contributed by atoms with Gasteiger partial charge in [0.05, 0.1) is 11.4 Å². The van der Waals surface area contributed by atoms with E-state index in [-0.39, 0.29) is 6.42 Å². The Labute approximate surface area is 92.3 Å². The van der Waals surface area contributed by atoms with Gasteiger partial charge in [0.2, 0.25) is 0 Å². The quantitative estimate of drug-likeness (QED) is 0.814. The molecule has 5 heteroatoms. The lowest BCUT2D eigenvalue weighted by Crippen LogP contribution is -2.28. The zero-order valence-electron chi connectivity index (χ0n) is 8.40. The molecule has 15 heavy (non-hydrogen) atoms. The second-order valence-corrected chi connectivity index (χ2v) is 4.93. The van der Waals surface area contributed by atoms with Gasteiger partial charge < -0.3 is 10.4 Å². The Morgan fingerprint density at radius 2 is 2.60 bits per heavy atom. The van der Waals surface area contributed by atoms with Crippen LogP contribution in [0.5, 0.6) is 0 Å². The van der Waals surface area contributed by atoms with E-state index in [1.54, 1.807) is 6.20 Å². The molecule has 1 atom stereocenters. The maximum absolute atomic E-state index is 10.5. The van der Waals surface area contributed by atoms with Gasteiger partial charge >= 0.3 is 5.97 Å². The van der Waals surface area contributed by atoms with Crippen molar-refractivity contribution in [2.45, 2.75) is 25.2 Å². The number of piperidine rings is 1. The van der Waals surface area contributed by atoms with E-state index < -0.39 is 5.97 Å². The molecule has 1 aliphatic rings. The van der Waals surface area contributed by atoms with Gasteiger partial charge in [0.25, 0.3) is 0 Å². The van der Waals surface area contributed by atoms with Gasteiger partial charge in [-0.3, -0.25) is 4.79 Å². The average Bonchev–Trinajstić information content (AvgIpc) is 2.67. The smallest absolute Gasteiger partial charge is 0.308 e. The summed E-state index contributed by atoms with van der Waals surface area (Å²) in [4.78, 5) is 15.7. The molecule has 1 aromatic rings. The van der Waals surface area contributed by atoms with Gasteiger partial charge in [0, 0.05) is 23.5 Å². The normalized spacial score (nSPS) is 21.5. The van der Waals surface area contributed by atoms with Crippen LogP contribution in [0.25, 0.3) is 0 Å². The summed E-state index contributed by atoms with van der Waals surface area (Å²) in [5.41, 5.74) is 0. The molecule has 1 saturated heterocycles. The van der Waals surface area contributed by atoms with Gasteiger partial charge in [0.15, 0.2) is 0 Å². The number of nitrogens with zero attached hydrogens (tertiary/aromatic N) is 1. The number of carboxylic acids is 1. The van der Waals surface area contributed by atoms with Gasteiger partial charge in [-0.05, 0) is 19.4 Å². The van der Waals surface area contributed by atoms with Gasteiger partial charge in [-0.2, -0.15) is 0 Å². The third-order valence-corrected chi connectivity index (χ3v) is 3.70. The number of aromatic nitrogens is 1. The van der Waals surface area contributed by atoms with E-state index in [0.29, 0.717) is 5.92 Å². The van der Waals surface area contributed by atoms with Crippen molar-refractivity contribution in [3.8, 4) is 0 Å². The first-order valence-electron chi connectivity index (χ1n) is 5.13. The van der Waals surface area contributed by atoms with E-state index in [1.807, 2.05) is 0 Å². The molecular formula is C10H14N2O2S. The largest absolute Gasteiger partial charge is 0.481 e. The van der Waals surface area contributed by atoms with Crippen LogP contribution in [0.3, 0.4) is 0 Å². The third-order valence-electron chi connectivity index (χ3n) is 2.54. The summed E-state index contributed by atoms with van der Waals surface area (Å²) in [7, 11) is 0. The monoisotopic (exact) mass is 226 g/mol. The Morgan fingerprint density at radius 1 is 1.73 bits per heavy atom. The number of carbonyl (C=O) groups is 1. The van der Waals surface area contributed by atoms with Crippen LogP contribution in [0.2, 0.25) is 0 Å². The fraction of sp³-hybridized carbons (Fsp3) is 0.600. The van der Waals surface area contributed by atoms with Crippen molar-refractivity contribution in [3.05, 3.63) is 16.1 Å². The molecule has 0 amide bonds. The molecule has 0 aliphatic carbocycles. The molecule has 2 rings (SSSR count). The van der Waals surface area contributed by atoms with E-state index in [9.17, 15) is 4.79 Å². The van der Waals surface area contributed by atoms with Crippen molar-refractivity contribution in [1.82, 2.24) is 10.3 Å². The van der Waals surface area contributed by atoms with Crippen LogP contribution in [0, 0.1) is 0 Å². The second-order valence-electron chi connectivity index (χ2n) is 3.78. The number of rotatable bonds is 3. The highest BCUT2D eigenvalue weighted by Gasteiger charge is 2.18. The van der Waals surface area contributed by atoms with E-state index in [1.165, 1.54) is 17.8 Å². The van der Waals surface area contributed by atoms with Crippen molar-refractivity contribution in [2.24, 2.45) is 0 Å². The molecule has 2 N–H and O–H groups in total. The molecule has 0 aromatic carbocycles. The highest BCUT2D eigenvalue weighted by atomic mass is 32.1. The number of nitrogens with one attached hydrogen (secondary N) is 1. The lowest BCUT2D eigenvalue weighted by atomic mass is 10.0. The van der Waals surface area contributed by atoms with E-state index in [2.05, 4.69) is 10.3 Å². The standard InChI is InChI=1S/C10H14N2O2S/c13-9(14)4-8-6-12-10(15-8)7-2-1-3-11-5-7/h6-7,11H,1-5H2,(H,13,14). The molecule has 0 radical (unpaired) electrons. The Balaban J connectivity index is 2.02. The maximum Gasteiger partial charge on any atom is 0.308 e. The predicted molar refractivity (Wildman–Crippen MR) is 58.3 cm³/mol. The van der Waals surface area contributed by atoms with Crippen molar-refractivity contribution in [1.29, 1.82) is 0 Å². The summed E-state index contributed by atoms with van der Waals surface area (Å²) in [6.45, 7) is 2.06. The average molecular weight is 226 g/mol. The van der Waals surface area contributed by atoms with Gasteiger partial charge in [0.1, 0.15) is 0 Å². The Morgan fingerprint density at radius 3 is 3.27 bits per heavy atom. The maximum atomic E-state index is 10.5. The van der Waals surface area contributed by atoms with E-state index >= 15 is 0 Å². The fourth-order valence-corrected chi connectivity index (χ4v) is 2.85. The summed E-state index contributed by atoms with van der Waals surface area (Å²) < 4.78 is 0. The minimum atomic E-state index is -0.785. The third kappa shape index (κ3) is 2.76. The predicted octanol–water partition coefficient (Wildman–Crippen LogP) is 1.24. The Bertz CT molecular complexity index is 345. The van der Waals surface area contributed by atoms with Gasteiger partial charge in [-0.1, -0.05) is 0 Å². The Kier molecular flexibility index (Phi) is 3.33. The number of thiazole rings is 1. The molecule has 0 bridgehead atoms. The van der Waals surface area contributed by atoms with Gasteiger partial charge in [-0.25, -0.2) is 4.98 Å². The SMILES string of the molecule is O=C(O)Cc1cnc(C2CCCNC2)s1. The number of carboxylic acid groups (broad SMARTS) is 1. The summed E-state index contributed by atoms with van der Waals surface area (Å²) in [6.07, 6.45) is 4.13. The summed E-state index contributed by atoms with van der Waals surface area (Å²) in [5, 5.41) is 13.1. The highest BCUT2D eigenvalue weighted by Crippen LogP contribution is 2.27. The zero-order valence-corrected chi connectivity index (χ0v) is 9.22.